The lowest BCUT2D eigenvalue weighted by molar-refractivity contribution is 0.102. The summed E-state index contributed by atoms with van der Waals surface area (Å²) in [5.74, 6) is 0.329. The molecule has 2 N–H and O–H groups in total. The molecule has 4 rings (SSSR count). The van der Waals surface area contributed by atoms with Crippen LogP contribution in [0.4, 0.5) is 17.3 Å². The van der Waals surface area contributed by atoms with Crippen molar-refractivity contribution in [1.29, 1.82) is 0 Å². The van der Waals surface area contributed by atoms with E-state index in [9.17, 15) is 4.79 Å². The third-order valence-electron chi connectivity index (χ3n) is 4.34. The zero-order valence-electron chi connectivity index (χ0n) is 15.1. The molecule has 29 heavy (non-hydrogen) atoms. The van der Waals surface area contributed by atoms with Gasteiger partial charge in [-0.3, -0.25) is 9.78 Å². The molecule has 6 nitrogen and oxygen atoms in total. The van der Waals surface area contributed by atoms with Crippen LogP contribution in [0.5, 0.6) is 0 Å². The number of imidazole rings is 1. The van der Waals surface area contributed by atoms with Crippen LogP contribution in [0, 0.1) is 0 Å². The number of aromatic nitrogens is 3. The third kappa shape index (κ3) is 4.07. The second kappa shape index (κ2) is 8.02. The number of carbonyl (C=O) groups excluding carboxylic acids is 1. The maximum Gasteiger partial charge on any atom is 0.255 e. The lowest BCUT2D eigenvalue weighted by Gasteiger charge is -2.09. The van der Waals surface area contributed by atoms with E-state index in [2.05, 4.69) is 36.5 Å². The van der Waals surface area contributed by atoms with E-state index < -0.39 is 0 Å². The Labute approximate surface area is 185 Å². The Bertz CT molecular complexity index is 1200. The molecule has 2 aromatic carbocycles. The number of amides is 1. The van der Waals surface area contributed by atoms with Crippen LogP contribution in [0.25, 0.3) is 11.0 Å². The molecule has 0 saturated heterocycles. The van der Waals surface area contributed by atoms with Crippen LogP contribution in [0.1, 0.15) is 10.4 Å². The maximum atomic E-state index is 12.6. The number of nitrogens with one attached hydrogen (secondary N) is 2. The number of rotatable bonds is 4. The van der Waals surface area contributed by atoms with Gasteiger partial charge in [0.2, 0.25) is 5.95 Å². The average Bonchev–Trinajstić information content (AvgIpc) is 3.01. The van der Waals surface area contributed by atoms with E-state index in [0.29, 0.717) is 38.4 Å². The van der Waals surface area contributed by atoms with Crippen molar-refractivity contribution < 1.29 is 4.79 Å². The van der Waals surface area contributed by atoms with Crippen LogP contribution in [0.15, 0.2) is 59.3 Å². The average molecular weight is 491 g/mol. The van der Waals surface area contributed by atoms with Crippen molar-refractivity contribution in [2.75, 3.05) is 10.6 Å². The minimum Gasteiger partial charge on any atom is -0.323 e. The summed E-state index contributed by atoms with van der Waals surface area (Å²) >= 11 is 15.7. The first-order chi connectivity index (χ1) is 13.9. The van der Waals surface area contributed by atoms with Crippen molar-refractivity contribution in [3.63, 3.8) is 0 Å². The summed E-state index contributed by atoms with van der Waals surface area (Å²) in [7, 11) is 1.86. The third-order valence-corrected chi connectivity index (χ3v) is 5.44. The quantitative estimate of drug-likeness (QED) is 0.366. The molecule has 0 atom stereocenters. The van der Waals surface area contributed by atoms with Crippen LogP contribution in [0.2, 0.25) is 10.0 Å². The fourth-order valence-electron chi connectivity index (χ4n) is 2.83. The molecule has 0 spiro atoms. The van der Waals surface area contributed by atoms with Crippen molar-refractivity contribution >= 4 is 73.4 Å². The number of aryl methyl sites for hydroxylation is 1. The van der Waals surface area contributed by atoms with Crippen molar-refractivity contribution in [2.24, 2.45) is 7.05 Å². The lowest BCUT2D eigenvalue weighted by atomic mass is 10.2. The molecule has 0 aliphatic rings. The molecular formula is C20H14BrCl2N5O. The molecule has 0 radical (unpaired) electrons. The second-order valence-corrected chi connectivity index (χ2v) is 7.99. The van der Waals surface area contributed by atoms with Gasteiger partial charge in [-0.2, -0.15) is 0 Å². The van der Waals surface area contributed by atoms with Crippen molar-refractivity contribution in [2.45, 2.75) is 0 Å². The Kier molecular flexibility index (Phi) is 5.45. The maximum absolute atomic E-state index is 12.6. The van der Waals surface area contributed by atoms with Gasteiger partial charge in [0.25, 0.3) is 5.91 Å². The number of carbonyl (C=O) groups is 1. The van der Waals surface area contributed by atoms with E-state index in [4.69, 9.17) is 23.2 Å². The van der Waals surface area contributed by atoms with Gasteiger partial charge in [-0.15, -0.1) is 0 Å². The number of nitrogens with zero attached hydrogens (tertiary/aromatic N) is 3. The Hall–Kier alpha value is -2.61. The molecule has 0 saturated carbocycles. The van der Waals surface area contributed by atoms with Gasteiger partial charge in [-0.1, -0.05) is 39.1 Å². The predicted octanol–water partition coefficient (Wildman–Crippen LogP) is 6.03. The molecule has 2 aromatic heterocycles. The molecule has 0 fully saturated rings. The monoisotopic (exact) mass is 489 g/mol. The molecular weight excluding hydrogens is 477 g/mol. The van der Waals surface area contributed by atoms with Gasteiger partial charge in [0.1, 0.15) is 0 Å². The summed E-state index contributed by atoms with van der Waals surface area (Å²) < 4.78 is 2.80. The topological polar surface area (TPSA) is 71.8 Å². The Morgan fingerprint density at radius 1 is 1.07 bits per heavy atom. The van der Waals surface area contributed by atoms with Gasteiger partial charge in [-0.05, 0) is 42.5 Å². The number of fused-ring (bicyclic) bond motifs is 1. The van der Waals surface area contributed by atoms with Crippen molar-refractivity contribution in [1.82, 2.24) is 14.5 Å². The van der Waals surface area contributed by atoms with Gasteiger partial charge in [0, 0.05) is 35.2 Å². The van der Waals surface area contributed by atoms with Crippen LogP contribution in [0.3, 0.4) is 0 Å². The van der Waals surface area contributed by atoms with Crippen LogP contribution in [-0.2, 0) is 7.05 Å². The second-order valence-electron chi connectivity index (χ2n) is 6.26. The fourth-order valence-corrected chi connectivity index (χ4v) is 3.56. The number of pyridine rings is 1. The molecule has 9 heteroatoms. The van der Waals surface area contributed by atoms with E-state index in [-0.39, 0.29) is 5.91 Å². The normalized spacial score (nSPS) is 10.9. The molecule has 146 valence electrons. The first-order valence-electron chi connectivity index (χ1n) is 8.52. The standard InChI is InChI=1S/C20H14BrCl2N5O/c1-28-17-7-2-11(19(29)25-13-5-3-12(21)4-6-13)8-16(17)26-20(28)27-18-14(22)9-24-10-15(18)23/h2-10H,1H3,(H,25,29)(H,24,26,27). The van der Waals surface area contributed by atoms with E-state index in [0.717, 1.165) is 9.99 Å². The summed E-state index contributed by atoms with van der Waals surface area (Å²) in [5, 5.41) is 6.79. The predicted molar refractivity (Wildman–Crippen MR) is 120 cm³/mol. The number of hydrogen-bond acceptors (Lipinski definition) is 4. The molecule has 0 unspecified atom stereocenters. The van der Waals surface area contributed by atoms with Crippen molar-refractivity contribution in [3.8, 4) is 0 Å². The van der Waals surface area contributed by atoms with Gasteiger partial charge < -0.3 is 15.2 Å². The molecule has 0 aliphatic heterocycles. The summed E-state index contributed by atoms with van der Waals surface area (Å²) in [4.78, 5) is 21.1. The van der Waals surface area contributed by atoms with Crippen molar-refractivity contribution in [3.05, 3.63) is 74.9 Å². The largest absolute Gasteiger partial charge is 0.323 e. The van der Waals surface area contributed by atoms with Crippen LogP contribution >= 0.6 is 39.1 Å². The highest BCUT2D eigenvalue weighted by atomic mass is 79.9. The van der Waals surface area contributed by atoms with E-state index in [1.165, 1.54) is 12.4 Å². The smallest absolute Gasteiger partial charge is 0.255 e. The zero-order chi connectivity index (χ0) is 20.5. The molecule has 1 amide bonds. The minimum absolute atomic E-state index is 0.213. The number of hydrogen-bond donors (Lipinski definition) is 2. The minimum atomic E-state index is -0.213. The SMILES string of the molecule is Cn1c(Nc2c(Cl)cncc2Cl)nc2cc(C(=O)Nc3ccc(Br)cc3)ccc21. The Balaban J connectivity index is 1.63. The summed E-state index contributed by atoms with van der Waals surface area (Å²) in [6, 6.07) is 12.7. The zero-order valence-corrected chi connectivity index (χ0v) is 18.2. The Morgan fingerprint density at radius 3 is 2.45 bits per heavy atom. The number of anilines is 3. The number of benzene rings is 2. The first kappa shape index (κ1) is 19.7. The van der Waals surface area contributed by atoms with E-state index in [1.54, 1.807) is 12.1 Å². The molecule has 0 bridgehead atoms. The number of halogens is 3. The first-order valence-corrected chi connectivity index (χ1v) is 10.1. The molecule has 4 aromatic rings. The molecule has 2 heterocycles. The summed E-state index contributed by atoms with van der Waals surface area (Å²) in [6.07, 6.45) is 3.01. The Morgan fingerprint density at radius 2 is 1.76 bits per heavy atom. The van der Waals surface area contributed by atoms with Gasteiger partial charge in [0.15, 0.2) is 0 Å². The fraction of sp³-hybridized carbons (Fsp3) is 0.0500. The highest BCUT2D eigenvalue weighted by Gasteiger charge is 2.14. The molecule has 0 aliphatic carbocycles. The van der Waals surface area contributed by atoms with E-state index in [1.807, 2.05) is 41.9 Å². The highest BCUT2D eigenvalue weighted by molar-refractivity contribution is 9.10. The summed E-state index contributed by atoms with van der Waals surface area (Å²) in [6.45, 7) is 0. The van der Waals surface area contributed by atoms with Gasteiger partial charge in [0.05, 0.1) is 26.8 Å². The highest BCUT2D eigenvalue weighted by Crippen LogP contribution is 2.32. The van der Waals surface area contributed by atoms with Gasteiger partial charge >= 0.3 is 0 Å². The van der Waals surface area contributed by atoms with Gasteiger partial charge in [-0.25, -0.2) is 4.98 Å². The van der Waals surface area contributed by atoms with Crippen LogP contribution < -0.4 is 10.6 Å². The van der Waals surface area contributed by atoms with E-state index >= 15 is 0 Å². The summed E-state index contributed by atoms with van der Waals surface area (Å²) in [5.41, 5.74) is 3.26. The lowest BCUT2D eigenvalue weighted by Crippen LogP contribution is -2.11. The van der Waals surface area contributed by atoms with Crippen LogP contribution in [-0.4, -0.2) is 20.4 Å².